The summed E-state index contributed by atoms with van der Waals surface area (Å²) in [6.45, 7) is 9.60. The number of aryl methyl sites for hydroxylation is 3. The molecule has 0 unspecified atom stereocenters. The van der Waals surface area contributed by atoms with Crippen LogP contribution in [-0.2, 0) is 4.79 Å². The maximum Gasteiger partial charge on any atom is 0.324 e. The van der Waals surface area contributed by atoms with Crippen LogP contribution in [0.5, 0.6) is 5.75 Å². The second kappa shape index (κ2) is 9.02. The van der Waals surface area contributed by atoms with Crippen LogP contribution in [0.4, 0.5) is 16.2 Å². The lowest BCUT2D eigenvalue weighted by atomic mass is 9.95. The van der Waals surface area contributed by atoms with Gasteiger partial charge >= 0.3 is 6.03 Å². The number of halogens is 1. The predicted octanol–water partition coefficient (Wildman–Crippen LogP) is 5.32. The molecule has 1 saturated heterocycles. The number of urea groups is 1. The fourth-order valence-electron chi connectivity index (χ4n) is 4.70. The molecule has 4 rings (SSSR count). The number of fused-ring (bicyclic) bond motifs is 1. The Kier molecular flexibility index (Phi) is 6.33. The standard InChI is InChI=1S/C25H30ClN3O3/c1-15-11-16(2)23(17(3)12-15)27-24(30)19-7-9-28(10-8-19)25(31)29-14-18(4)32-22-6-5-20(26)13-21(22)29/h5-6,11-13,18-19H,7-10,14H2,1-4H3,(H,27,30)/t18-/m1/s1. The Morgan fingerprint density at radius 3 is 2.38 bits per heavy atom. The lowest BCUT2D eigenvalue weighted by molar-refractivity contribution is -0.121. The van der Waals surface area contributed by atoms with Crippen molar-refractivity contribution in [3.05, 3.63) is 52.0 Å². The molecule has 2 heterocycles. The van der Waals surface area contributed by atoms with E-state index in [1.807, 2.05) is 25.7 Å². The van der Waals surface area contributed by atoms with Crippen molar-refractivity contribution in [2.45, 2.75) is 46.6 Å². The zero-order chi connectivity index (χ0) is 23.0. The van der Waals surface area contributed by atoms with Gasteiger partial charge in [0.1, 0.15) is 11.9 Å². The number of anilines is 2. The summed E-state index contributed by atoms with van der Waals surface area (Å²) in [6, 6.07) is 9.44. The first kappa shape index (κ1) is 22.5. The van der Waals surface area contributed by atoms with Gasteiger partial charge in [0.25, 0.3) is 0 Å². The van der Waals surface area contributed by atoms with E-state index in [1.54, 1.807) is 23.1 Å². The lowest BCUT2D eigenvalue weighted by Crippen LogP contribution is -2.51. The number of rotatable bonds is 2. The molecule has 1 N–H and O–H groups in total. The normalized spacial score (nSPS) is 18.7. The minimum absolute atomic E-state index is 0.0317. The van der Waals surface area contributed by atoms with Crippen molar-refractivity contribution in [2.24, 2.45) is 5.92 Å². The first-order chi connectivity index (χ1) is 15.2. The third-order valence-electron chi connectivity index (χ3n) is 6.27. The molecular weight excluding hydrogens is 426 g/mol. The van der Waals surface area contributed by atoms with Crippen LogP contribution in [0.2, 0.25) is 5.02 Å². The molecule has 2 aliphatic rings. The zero-order valence-electron chi connectivity index (χ0n) is 19.1. The highest BCUT2D eigenvalue weighted by Gasteiger charge is 2.34. The molecule has 2 aromatic rings. The van der Waals surface area contributed by atoms with Crippen LogP contribution in [0.3, 0.4) is 0 Å². The van der Waals surface area contributed by atoms with Gasteiger partial charge in [-0.2, -0.15) is 0 Å². The zero-order valence-corrected chi connectivity index (χ0v) is 19.8. The van der Waals surface area contributed by atoms with E-state index in [4.69, 9.17) is 16.3 Å². The first-order valence-corrected chi connectivity index (χ1v) is 11.5. The summed E-state index contributed by atoms with van der Waals surface area (Å²) in [5, 5.41) is 3.69. The van der Waals surface area contributed by atoms with Gasteiger partial charge < -0.3 is 15.0 Å². The van der Waals surface area contributed by atoms with Gasteiger partial charge in [0.05, 0.1) is 12.2 Å². The van der Waals surface area contributed by atoms with Crippen LogP contribution in [0.1, 0.15) is 36.5 Å². The SMILES string of the molecule is Cc1cc(C)c(NC(=O)C2CCN(C(=O)N3C[C@@H](C)Oc4ccc(Cl)cc43)CC2)c(C)c1. The molecule has 32 heavy (non-hydrogen) atoms. The van der Waals surface area contributed by atoms with Gasteiger partial charge in [-0.1, -0.05) is 29.3 Å². The molecule has 0 spiro atoms. The van der Waals surface area contributed by atoms with E-state index in [0.29, 0.717) is 48.9 Å². The van der Waals surface area contributed by atoms with Gasteiger partial charge in [-0.15, -0.1) is 0 Å². The van der Waals surface area contributed by atoms with Gasteiger partial charge in [0.2, 0.25) is 5.91 Å². The summed E-state index contributed by atoms with van der Waals surface area (Å²) in [5.41, 5.74) is 4.93. The van der Waals surface area contributed by atoms with Crippen LogP contribution in [0.25, 0.3) is 0 Å². The Labute approximate surface area is 194 Å². The lowest BCUT2D eigenvalue weighted by Gasteiger charge is -2.39. The Balaban J connectivity index is 1.40. The maximum atomic E-state index is 13.3. The number of nitrogens with zero attached hydrogens (tertiary/aromatic N) is 2. The quantitative estimate of drug-likeness (QED) is 0.666. The van der Waals surface area contributed by atoms with Gasteiger partial charge in [0, 0.05) is 29.7 Å². The summed E-state index contributed by atoms with van der Waals surface area (Å²) >= 11 is 6.17. The van der Waals surface area contributed by atoms with Crippen molar-refractivity contribution < 1.29 is 14.3 Å². The number of likely N-dealkylation sites (tertiary alicyclic amines) is 1. The minimum Gasteiger partial charge on any atom is -0.487 e. The number of piperidine rings is 1. The molecule has 3 amide bonds. The van der Waals surface area contributed by atoms with E-state index in [1.165, 1.54) is 5.56 Å². The van der Waals surface area contributed by atoms with Crippen LogP contribution in [0, 0.1) is 26.7 Å². The largest absolute Gasteiger partial charge is 0.487 e. The molecule has 0 radical (unpaired) electrons. The molecule has 1 atom stereocenters. The molecule has 170 valence electrons. The van der Waals surface area contributed by atoms with E-state index in [2.05, 4.69) is 24.4 Å². The molecule has 0 saturated carbocycles. The number of ether oxygens (including phenoxy) is 1. The molecule has 6 nitrogen and oxygen atoms in total. The van der Waals surface area contributed by atoms with Crippen molar-refractivity contribution in [2.75, 3.05) is 29.9 Å². The van der Waals surface area contributed by atoms with Crippen LogP contribution in [-0.4, -0.2) is 42.6 Å². The Hall–Kier alpha value is -2.73. The predicted molar refractivity (Wildman–Crippen MR) is 128 cm³/mol. The Morgan fingerprint density at radius 2 is 1.72 bits per heavy atom. The highest BCUT2D eigenvalue weighted by atomic mass is 35.5. The third kappa shape index (κ3) is 4.56. The van der Waals surface area contributed by atoms with E-state index in [0.717, 1.165) is 16.8 Å². The van der Waals surface area contributed by atoms with Crippen LogP contribution >= 0.6 is 11.6 Å². The minimum atomic E-state index is -0.107. The smallest absolute Gasteiger partial charge is 0.324 e. The highest BCUT2D eigenvalue weighted by molar-refractivity contribution is 6.31. The number of nitrogens with one attached hydrogen (secondary N) is 1. The van der Waals surface area contributed by atoms with Crippen LogP contribution in [0.15, 0.2) is 30.3 Å². The molecule has 7 heteroatoms. The average Bonchev–Trinajstić information content (AvgIpc) is 2.75. The molecule has 1 fully saturated rings. The maximum absolute atomic E-state index is 13.3. The highest BCUT2D eigenvalue weighted by Crippen LogP contribution is 2.36. The van der Waals surface area contributed by atoms with E-state index >= 15 is 0 Å². The summed E-state index contributed by atoms with van der Waals surface area (Å²) in [7, 11) is 0. The van der Waals surface area contributed by atoms with Crippen molar-refractivity contribution in [1.82, 2.24) is 4.90 Å². The van der Waals surface area contributed by atoms with Gasteiger partial charge in [-0.3, -0.25) is 9.69 Å². The molecule has 2 aromatic carbocycles. The summed E-state index contributed by atoms with van der Waals surface area (Å²) in [5.74, 6) is 0.591. The van der Waals surface area contributed by atoms with E-state index in [9.17, 15) is 9.59 Å². The number of carbonyl (C=O) groups is 2. The van der Waals surface area contributed by atoms with Crippen molar-refractivity contribution in [3.63, 3.8) is 0 Å². The number of hydrogen-bond donors (Lipinski definition) is 1. The number of hydrogen-bond acceptors (Lipinski definition) is 3. The van der Waals surface area contributed by atoms with Gasteiger partial charge in [-0.25, -0.2) is 4.79 Å². The van der Waals surface area contributed by atoms with Crippen molar-refractivity contribution in [3.8, 4) is 5.75 Å². The summed E-state index contributed by atoms with van der Waals surface area (Å²) in [6.07, 6.45) is 1.19. The first-order valence-electron chi connectivity index (χ1n) is 11.1. The number of benzene rings is 2. The van der Waals surface area contributed by atoms with Crippen LogP contribution < -0.4 is 15.0 Å². The van der Waals surface area contributed by atoms with Gasteiger partial charge in [-0.05, 0) is 69.9 Å². The van der Waals surface area contributed by atoms with Crippen molar-refractivity contribution in [1.29, 1.82) is 0 Å². The fourth-order valence-corrected chi connectivity index (χ4v) is 4.86. The summed E-state index contributed by atoms with van der Waals surface area (Å²) < 4.78 is 5.86. The molecule has 0 aromatic heterocycles. The average molecular weight is 456 g/mol. The van der Waals surface area contributed by atoms with E-state index < -0.39 is 0 Å². The van der Waals surface area contributed by atoms with Gasteiger partial charge in [0.15, 0.2) is 0 Å². The van der Waals surface area contributed by atoms with E-state index in [-0.39, 0.29) is 24.0 Å². The third-order valence-corrected chi connectivity index (χ3v) is 6.51. The fraction of sp³-hybridized carbons (Fsp3) is 0.440. The van der Waals surface area contributed by atoms with Crippen molar-refractivity contribution >= 4 is 34.9 Å². The topological polar surface area (TPSA) is 61.9 Å². The second-order valence-electron chi connectivity index (χ2n) is 8.96. The number of amides is 3. The number of carbonyl (C=O) groups excluding carboxylic acids is 2. The molecule has 0 bridgehead atoms. The Morgan fingerprint density at radius 1 is 1.06 bits per heavy atom. The second-order valence-corrected chi connectivity index (χ2v) is 9.39. The Bertz CT molecular complexity index is 1020. The molecule has 0 aliphatic carbocycles. The molecule has 2 aliphatic heterocycles. The monoisotopic (exact) mass is 455 g/mol. The molecular formula is C25H30ClN3O3. The summed E-state index contributed by atoms with van der Waals surface area (Å²) in [4.78, 5) is 29.8.